The number of hydrazone groups is 1. The lowest BCUT2D eigenvalue weighted by Gasteiger charge is -2.25. The number of sulfonamides is 1. The van der Waals surface area contributed by atoms with E-state index in [1.165, 1.54) is 12.1 Å². The summed E-state index contributed by atoms with van der Waals surface area (Å²) >= 11 is 5.99. The Morgan fingerprint density at radius 2 is 1.56 bits per heavy atom. The molecule has 2 N–H and O–H groups in total. The lowest BCUT2D eigenvalue weighted by atomic mass is 10.1. The van der Waals surface area contributed by atoms with Crippen molar-refractivity contribution in [3.05, 3.63) is 124 Å². The molecule has 2 amide bonds. The lowest BCUT2D eigenvalue weighted by molar-refractivity contribution is -0.119. The van der Waals surface area contributed by atoms with E-state index < -0.39 is 22.5 Å². The molecule has 8 nitrogen and oxygen atoms in total. The number of carbonyl (C=O) groups is 2. The summed E-state index contributed by atoms with van der Waals surface area (Å²) in [5.74, 6) is -0.936. The highest BCUT2D eigenvalue weighted by Crippen LogP contribution is 2.27. The first kappa shape index (κ1) is 29.5. The number of anilines is 2. The van der Waals surface area contributed by atoms with Gasteiger partial charge in [-0.2, -0.15) is 5.10 Å². The van der Waals surface area contributed by atoms with E-state index in [9.17, 15) is 18.0 Å². The Morgan fingerprint density at radius 1 is 0.854 bits per heavy atom. The van der Waals surface area contributed by atoms with E-state index >= 15 is 0 Å². The topological polar surface area (TPSA) is 108 Å². The molecule has 0 aliphatic heterocycles. The van der Waals surface area contributed by atoms with Gasteiger partial charge in [-0.15, -0.1) is 0 Å². The lowest BCUT2D eigenvalue weighted by Crippen LogP contribution is -2.40. The fourth-order valence-corrected chi connectivity index (χ4v) is 5.73. The van der Waals surface area contributed by atoms with Crippen molar-refractivity contribution in [2.45, 2.75) is 25.7 Å². The molecule has 4 aromatic carbocycles. The molecule has 0 saturated heterocycles. The first-order chi connectivity index (χ1) is 19.5. The quantitative estimate of drug-likeness (QED) is 0.186. The number of halogens is 1. The summed E-state index contributed by atoms with van der Waals surface area (Å²) in [5, 5.41) is 7.47. The number of aryl methyl sites for hydroxylation is 2. The van der Waals surface area contributed by atoms with Crippen molar-refractivity contribution in [1.29, 1.82) is 0 Å². The highest BCUT2D eigenvalue weighted by molar-refractivity contribution is 7.92. The normalized spacial score (nSPS) is 11.6. The van der Waals surface area contributed by atoms with E-state index in [0.717, 1.165) is 9.87 Å². The van der Waals surface area contributed by atoms with Crippen LogP contribution in [0.15, 0.2) is 107 Å². The third-order valence-electron chi connectivity index (χ3n) is 6.23. The molecule has 0 bridgehead atoms. The third kappa shape index (κ3) is 7.39. The first-order valence-corrected chi connectivity index (χ1v) is 14.5. The zero-order valence-electron chi connectivity index (χ0n) is 22.8. The number of carbonyl (C=O) groups excluding carboxylic acids is 2. The van der Waals surface area contributed by atoms with Crippen molar-refractivity contribution >= 4 is 50.5 Å². The molecule has 210 valence electrons. The van der Waals surface area contributed by atoms with E-state index in [0.29, 0.717) is 38.8 Å². The van der Waals surface area contributed by atoms with Gasteiger partial charge in [0.2, 0.25) is 0 Å². The van der Waals surface area contributed by atoms with E-state index in [4.69, 9.17) is 11.6 Å². The fraction of sp³-hybridized carbons (Fsp3) is 0.129. The van der Waals surface area contributed by atoms with Crippen LogP contribution in [0.3, 0.4) is 0 Å². The molecule has 0 unspecified atom stereocenters. The average Bonchev–Trinajstić information content (AvgIpc) is 2.96. The zero-order valence-corrected chi connectivity index (χ0v) is 24.3. The second-order valence-corrected chi connectivity index (χ2v) is 11.7. The first-order valence-electron chi connectivity index (χ1n) is 12.7. The summed E-state index contributed by atoms with van der Waals surface area (Å²) in [6.07, 6.45) is 0. The van der Waals surface area contributed by atoms with Gasteiger partial charge in [0.25, 0.3) is 21.8 Å². The highest BCUT2D eigenvalue weighted by Gasteiger charge is 2.28. The Bertz CT molecular complexity index is 1720. The van der Waals surface area contributed by atoms with Crippen LogP contribution in [0.25, 0.3) is 0 Å². The van der Waals surface area contributed by atoms with Gasteiger partial charge in [-0.3, -0.25) is 13.9 Å². The van der Waals surface area contributed by atoms with Gasteiger partial charge in [-0.25, -0.2) is 13.8 Å². The molecule has 0 atom stereocenters. The minimum Gasteiger partial charge on any atom is -0.322 e. The van der Waals surface area contributed by atoms with Crippen LogP contribution in [-0.2, 0) is 14.8 Å². The number of amides is 2. The molecule has 0 saturated carbocycles. The summed E-state index contributed by atoms with van der Waals surface area (Å²) in [6.45, 7) is 4.87. The maximum atomic E-state index is 13.6. The van der Waals surface area contributed by atoms with Gasteiger partial charge in [0.15, 0.2) is 0 Å². The van der Waals surface area contributed by atoms with Crippen molar-refractivity contribution in [2.75, 3.05) is 16.2 Å². The van der Waals surface area contributed by atoms with Crippen LogP contribution in [0.2, 0.25) is 5.02 Å². The minimum absolute atomic E-state index is 0.0741. The molecule has 0 aliphatic rings. The van der Waals surface area contributed by atoms with Gasteiger partial charge in [-0.05, 0) is 86.0 Å². The van der Waals surface area contributed by atoms with Crippen LogP contribution >= 0.6 is 11.6 Å². The standard InChI is InChI=1S/C31H29ClN4O4S/c1-21-15-16-22(2)29(17-21)36(41(39,40)28-13-5-4-6-14-28)20-30(37)35-34-23(3)24-9-8-12-27(19-24)33-31(38)25-10-7-11-26(32)18-25/h4-19H,20H2,1-3H3,(H,33,38)(H,35,37)/b34-23-. The minimum atomic E-state index is -4.05. The van der Waals surface area contributed by atoms with Gasteiger partial charge >= 0.3 is 0 Å². The molecule has 0 spiro atoms. The molecular weight excluding hydrogens is 560 g/mol. The van der Waals surface area contributed by atoms with E-state index in [1.54, 1.807) is 86.6 Å². The number of rotatable bonds is 9. The van der Waals surface area contributed by atoms with Gasteiger partial charge in [0.1, 0.15) is 6.54 Å². The van der Waals surface area contributed by atoms with Crippen LogP contribution < -0.4 is 15.0 Å². The zero-order chi connectivity index (χ0) is 29.6. The maximum absolute atomic E-state index is 13.6. The molecule has 0 aliphatic carbocycles. The van der Waals surface area contributed by atoms with Gasteiger partial charge in [0.05, 0.1) is 16.3 Å². The molecule has 10 heteroatoms. The largest absolute Gasteiger partial charge is 0.322 e. The predicted molar refractivity (Wildman–Crippen MR) is 163 cm³/mol. The molecule has 41 heavy (non-hydrogen) atoms. The number of hydrogen-bond acceptors (Lipinski definition) is 5. The second-order valence-electron chi connectivity index (χ2n) is 9.39. The van der Waals surface area contributed by atoms with Crippen molar-refractivity contribution in [3.8, 4) is 0 Å². The Hall–Kier alpha value is -4.47. The van der Waals surface area contributed by atoms with Gasteiger partial charge in [-0.1, -0.05) is 60.1 Å². The number of nitrogens with one attached hydrogen (secondary N) is 2. The van der Waals surface area contributed by atoms with Gasteiger partial charge in [0, 0.05) is 16.3 Å². The van der Waals surface area contributed by atoms with Crippen molar-refractivity contribution in [2.24, 2.45) is 5.10 Å². The number of nitrogens with zero attached hydrogens (tertiary/aromatic N) is 2. The molecule has 0 aromatic heterocycles. The second kappa shape index (κ2) is 12.8. The summed E-state index contributed by atoms with van der Waals surface area (Å²) in [4.78, 5) is 25.7. The molecule has 4 aromatic rings. The van der Waals surface area contributed by atoms with Crippen molar-refractivity contribution < 1.29 is 18.0 Å². The fourth-order valence-electron chi connectivity index (χ4n) is 4.04. The Balaban J connectivity index is 1.52. The molecule has 4 rings (SSSR count). The van der Waals surface area contributed by atoms with E-state index in [-0.39, 0.29) is 10.8 Å². The van der Waals surface area contributed by atoms with E-state index in [1.807, 2.05) is 19.1 Å². The van der Waals surface area contributed by atoms with Crippen LogP contribution in [0.4, 0.5) is 11.4 Å². The summed E-state index contributed by atoms with van der Waals surface area (Å²) in [7, 11) is -4.05. The Morgan fingerprint density at radius 3 is 2.29 bits per heavy atom. The average molecular weight is 589 g/mol. The predicted octanol–water partition coefficient (Wildman–Crippen LogP) is 5.94. The maximum Gasteiger partial charge on any atom is 0.264 e. The monoisotopic (exact) mass is 588 g/mol. The molecular formula is C31H29ClN4O4S. The van der Waals surface area contributed by atoms with E-state index in [2.05, 4.69) is 15.8 Å². The van der Waals surface area contributed by atoms with Gasteiger partial charge < -0.3 is 5.32 Å². The Kier molecular flexibility index (Phi) is 9.21. The third-order valence-corrected chi connectivity index (χ3v) is 8.23. The molecule has 0 radical (unpaired) electrons. The number of benzene rings is 4. The SMILES string of the molecule is C/C(=N/NC(=O)CN(c1cc(C)ccc1C)S(=O)(=O)c1ccccc1)c1cccc(NC(=O)c2cccc(Cl)c2)c1. The summed E-state index contributed by atoms with van der Waals surface area (Å²) < 4.78 is 28.3. The van der Waals surface area contributed by atoms with Crippen LogP contribution in [-0.4, -0.2) is 32.5 Å². The van der Waals surface area contributed by atoms with Crippen molar-refractivity contribution in [1.82, 2.24) is 5.43 Å². The molecule has 0 fully saturated rings. The molecule has 0 heterocycles. The Labute approximate surface area is 244 Å². The smallest absolute Gasteiger partial charge is 0.264 e. The highest BCUT2D eigenvalue weighted by atomic mass is 35.5. The summed E-state index contributed by atoms with van der Waals surface area (Å²) in [5.41, 5.74) is 6.50. The summed E-state index contributed by atoms with van der Waals surface area (Å²) in [6, 6.07) is 27.0. The van der Waals surface area contributed by atoms with Crippen LogP contribution in [0.1, 0.15) is 34.0 Å². The number of hydrogen-bond donors (Lipinski definition) is 2. The van der Waals surface area contributed by atoms with Crippen molar-refractivity contribution in [3.63, 3.8) is 0 Å². The van der Waals surface area contributed by atoms with Crippen LogP contribution in [0.5, 0.6) is 0 Å². The van der Waals surface area contributed by atoms with Crippen LogP contribution in [0, 0.1) is 13.8 Å².